The first-order valence-electron chi connectivity index (χ1n) is 6.74. The molecule has 0 aliphatic carbocycles. The fourth-order valence-corrected chi connectivity index (χ4v) is 2.30. The molecule has 1 unspecified atom stereocenters. The second-order valence-corrected chi connectivity index (χ2v) is 5.20. The van der Waals surface area contributed by atoms with Crippen LogP contribution in [0, 0.1) is 13.8 Å². The van der Waals surface area contributed by atoms with Crippen LogP contribution in [0.25, 0.3) is 0 Å². The molecule has 0 saturated carbocycles. The summed E-state index contributed by atoms with van der Waals surface area (Å²) < 4.78 is 2.06. The van der Waals surface area contributed by atoms with E-state index in [1.165, 1.54) is 5.69 Å². The minimum Gasteiger partial charge on any atom is -0.374 e. The number of aryl methyl sites for hydroxylation is 1. The SMILES string of the molecule is Cc1nn(C(C)C)c(C)c1NC(C)c1ccccn1. The number of nitrogens with zero attached hydrogens (tertiary/aromatic N) is 3. The van der Waals surface area contributed by atoms with Crippen LogP contribution in [0.3, 0.4) is 0 Å². The van der Waals surface area contributed by atoms with E-state index in [1.54, 1.807) is 0 Å². The molecule has 0 bridgehead atoms. The third-order valence-corrected chi connectivity index (χ3v) is 3.31. The lowest BCUT2D eigenvalue weighted by Crippen LogP contribution is -2.10. The summed E-state index contributed by atoms with van der Waals surface area (Å²) in [6.07, 6.45) is 1.82. The number of hydrogen-bond acceptors (Lipinski definition) is 3. The number of anilines is 1. The lowest BCUT2D eigenvalue weighted by molar-refractivity contribution is 0.516. The molecule has 0 aliphatic heterocycles. The maximum atomic E-state index is 4.59. The third-order valence-electron chi connectivity index (χ3n) is 3.31. The second kappa shape index (κ2) is 5.43. The van der Waals surface area contributed by atoms with Crippen LogP contribution in [0.15, 0.2) is 24.4 Å². The van der Waals surface area contributed by atoms with E-state index in [2.05, 4.69) is 47.8 Å². The van der Waals surface area contributed by atoms with Gasteiger partial charge in [-0.05, 0) is 46.8 Å². The van der Waals surface area contributed by atoms with Crippen molar-refractivity contribution in [2.24, 2.45) is 0 Å². The average molecular weight is 258 g/mol. The molecule has 2 aromatic rings. The maximum Gasteiger partial charge on any atom is 0.0828 e. The van der Waals surface area contributed by atoms with Crippen molar-refractivity contribution in [1.29, 1.82) is 0 Å². The van der Waals surface area contributed by atoms with Gasteiger partial charge in [0.2, 0.25) is 0 Å². The van der Waals surface area contributed by atoms with Gasteiger partial charge in [-0.1, -0.05) is 6.07 Å². The first kappa shape index (κ1) is 13.6. The Kier molecular flexibility index (Phi) is 3.88. The molecular formula is C15H22N4. The minimum atomic E-state index is 0.170. The molecule has 19 heavy (non-hydrogen) atoms. The Hall–Kier alpha value is -1.84. The van der Waals surface area contributed by atoms with Crippen molar-refractivity contribution in [1.82, 2.24) is 14.8 Å². The first-order chi connectivity index (χ1) is 9.00. The van der Waals surface area contributed by atoms with Crippen LogP contribution in [-0.2, 0) is 0 Å². The molecule has 0 amide bonds. The molecule has 1 atom stereocenters. The molecule has 0 aliphatic rings. The topological polar surface area (TPSA) is 42.7 Å². The van der Waals surface area contributed by atoms with Crippen molar-refractivity contribution >= 4 is 5.69 Å². The van der Waals surface area contributed by atoms with Crippen LogP contribution < -0.4 is 5.32 Å². The summed E-state index contributed by atoms with van der Waals surface area (Å²) in [7, 11) is 0. The standard InChI is InChI=1S/C15H22N4/c1-10(2)19-13(5)15(12(4)18-19)17-11(3)14-8-6-7-9-16-14/h6-11,17H,1-5H3. The van der Waals surface area contributed by atoms with Gasteiger partial charge in [-0.25, -0.2) is 0 Å². The minimum absolute atomic E-state index is 0.170. The zero-order chi connectivity index (χ0) is 14.0. The van der Waals surface area contributed by atoms with Crippen LogP contribution in [0.5, 0.6) is 0 Å². The van der Waals surface area contributed by atoms with Crippen molar-refractivity contribution in [3.63, 3.8) is 0 Å². The van der Waals surface area contributed by atoms with Gasteiger partial charge in [0.05, 0.1) is 28.8 Å². The van der Waals surface area contributed by atoms with Crippen LogP contribution in [0.4, 0.5) is 5.69 Å². The third kappa shape index (κ3) is 2.78. The van der Waals surface area contributed by atoms with Gasteiger partial charge in [0.1, 0.15) is 0 Å². The summed E-state index contributed by atoms with van der Waals surface area (Å²) in [4.78, 5) is 4.39. The molecular weight excluding hydrogens is 236 g/mol. The van der Waals surface area contributed by atoms with E-state index in [1.807, 2.05) is 31.3 Å². The van der Waals surface area contributed by atoms with E-state index in [0.717, 1.165) is 17.1 Å². The normalized spacial score (nSPS) is 12.7. The van der Waals surface area contributed by atoms with Gasteiger partial charge in [-0.3, -0.25) is 9.67 Å². The molecule has 102 valence electrons. The molecule has 2 heterocycles. The zero-order valence-electron chi connectivity index (χ0n) is 12.3. The Balaban J connectivity index is 2.24. The molecule has 0 spiro atoms. The van der Waals surface area contributed by atoms with Gasteiger partial charge >= 0.3 is 0 Å². The highest BCUT2D eigenvalue weighted by Crippen LogP contribution is 2.26. The lowest BCUT2D eigenvalue weighted by Gasteiger charge is -2.15. The largest absolute Gasteiger partial charge is 0.374 e. The fraction of sp³-hybridized carbons (Fsp3) is 0.467. The summed E-state index contributed by atoms with van der Waals surface area (Å²) in [5.41, 5.74) is 4.37. The number of rotatable bonds is 4. The monoisotopic (exact) mass is 258 g/mol. The second-order valence-electron chi connectivity index (χ2n) is 5.20. The summed E-state index contributed by atoms with van der Waals surface area (Å²) in [6, 6.07) is 6.53. The van der Waals surface area contributed by atoms with Crippen LogP contribution in [0.1, 0.15) is 49.9 Å². The van der Waals surface area contributed by atoms with E-state index < -0.39 is 0 Å². The summed E-state index contributed by atoms with van der Waals surface area (Å²) in [6.45, 7) is 10.6. The van der Waals surface area contributed by atoms with Gasteiger partial charge in [-0.15, -0.1) is 0 Å². The molecule has 2 rings (SSSR count). The van der Waals surface area contributed by atoms with E-state index in [0.29, 0.717) is 6.04 Å². The maximum absolute atomic E-state index is 4.59. The van der Waals surface area contributed by atoms with Gasteiger partial charge < -0.3 is 5.32 Å². The predicted molar refractivity (Wildman–Crippen MR) is 78.4 cm³/mol. The first-order valence-corrected chi connectivity index (χ1v) is 6.74. The van der Waals surface area contributed by atoms with E-state index in [9.17, 15) is 0 Å². The van der Waals surface area contributed by atoms with Gasteiger partial charge in [0.15, 0.2) is 0 Å². The number of pyridine rings is 1. The number of hydrogen-bond donors (Lipinski definition) is 1. The van der Waals surface area contributed by atoms with Crippen LogP contribution in [-0.4, -0.2) is 14.8 Å². The Labute approximate surface area is 114 Å². The van der Waals surface area contributed by atoms with Crippen LogP contribution in [0.2, 0.25) is 0 Å². The van der Waals surface area contributed by atoms with Crippen molar-refractivity contribution in [2.45, 2.75) is 46.7 Å². The highest BCUT2D eigenvalue weighted by Gasteiger charge is 2.16. The molecule has 1 N–H and O–H groups in total. The van der Waals surface area contributed by atoms with Crippen molar-refractivity contribution in [2.75, 3.05) is 5.32 Å². The summed E-state index contributed by atoms with van der Waals surface area (Å²) >= 11 is 0. The van der Waals surface area contributed by atoms with Crippen molar-refractivity contribution in [3.8, 4) is 0 Å². The summed E-state index contributed by atoms with van der Waals surface area (Å²) in [5.74, 6) is 0. The van der Waals surface area contributed by atoms with E-state index >= 15 is 0 Å². The molecule has 4 nitrogen and oxygen atoms in total. The Bertz CT molecular complexity index is 543. The van der Waals surface area contributed by atoms with Crippen LogP contribution >= 0.6 is 0 Å². The Morgan fingerprint density at radius 1 is 1.16 bits per heavy atom. The zero-order valence-corrected chi connectivity index (χ0v) is 12.3. The van der Waals surface area contributed by atoms with E-state index in [4.69, 9.17) is 0 Å². The fourth-order valence-electron chi connectivity index (χ4n) is 2.30. The number of aromatic nitrogens is 3. The predicted octanol–water partition coefficient (Wildman–Crippen LogP) is 3.65. The Morgan fingerprint density at radius 2 is 1.89 bits per heavy atom. The molecule has 0 fully saturated rings. The van der Waals surface area contributed by atoms with Crippen molar-refractivity contribution in [3.05, 3.63) is 41.5 Å². The molecule has 0 radical (unpaired) electrons. The Morgan fingerprint density at radius 3 is 2.42 bits per heavy atom. The average Bonchev–Trinajstić information content (AvgIpc) is 2.68. The van der Waals surface area contributed by atoms with E-state index in [-0.39, 0.29) is 6.04 Å². The quantitative estimate of drug-likeness (QED) is 0.910. The lowest BCUT2D eigenvalue weighted by atomic mass is 10.2. The molecule has 0 saturated heterocycles. The smallest absolute Gasteiger partial charge is 0.0828 e. The molecule has 0 aromatic carbocycles. The van der Waals surface area contributed by atoms with Gasteiger partial charge in [0.25, 0.3) is 0 Å². The molecule has 2 aromatic heterocycles. The molecule has 4 heteroatoms. The highest BCUT2D eigenvalue weighted by atomic mass is 15.3. The summed E-state index contributed by atoms with van der Waals surface area (Å²) in [5, 5.41) is 8.11. The van der Waals surface area contributed by atoms with Gasteiger partial charge in [0, 0.05) is 12.2 Å². The number of nitrogens with one attached hydrogen (secondary N) is 1. The highest BCUT2D eigenvalue weighted by molar-refractivity contribution is 5.53. The van der Waals surface area contributed by atoms with Crippen molar-refractivity contribution < 1.29 is 0 Å². The van der Waals surface area contributed by atoms with Gasteiger partial charge in [-0.2, -0.15) is 5.10 Å².